The number of ketones is 1. The van der Waals surface area contributed by atoms with E-state index in [1.54, 1.807) is 13.0 Å². The third kappa shape index (κ3) is 3.68. The van der Waals surface area contributed by atoms with E-state index in [2.05, 4.69) is 17.4 Å². The van der Waals surface area contributed by atoms with E-state index in [1.165, 1.54) is 0 Å². The Hall–Kier alpha value is -2.85. The smallest absolute Gasteiger partial charge is 0.336 e. The number of carbonyl (C=O) groups excluding carboxylic acids is 2. The Morgan fingerprint density at radius 2 is 1.80 bits per heavy atom. The third-order valence-electron chi connectivity index (χ3n) is 5.81. The van der Waals surface area contributed by atoms with Crippen LogP contribution in [0.4, 0.5) is 0 Å². The SMILES string of the molecule is CCOC(=O)C1=C(C)NC2=C(C(=O)C[C@@H](c3ccccc3)C2)[C@@H]1c1ccccc1Cl. The lowest BCUT2D eigenvalue weighted by Gasteiger charge is -2.37. The molecule has 0 saturated carbocycles. The second-order valence-electron chi connectivity index (χ2n) is 7.67. The van der Waals surface area contributed by atoms with Gasteiger partial charge >= 0.3 is 5.97 Å². The number of benzene rings is 2. The van der Waals surface area contributed by atoms with Gasteiger partial charge in [0.25, 0.3) is 0 Å². The lowest BCUT2D eigenvalue weighted by molar-refractivity contribution is -0.138. The van der Waals surface area contributed by atoms with Crippen molar-refractivity contribution in [3.63, 3.8) is 0 Å². The minimum Gasteiger partial charge on any atom is -0.463 e. The molecule has 5 heteroatoms. The summed E-state index contributed by atoms with van der Waals surface area (Å²) in [7, 11) is 0. The maximum atomic E-state index is 13.4. The summed E-state index contributed by atoms with van der Waals surface area (Å²) in [5.41, 5.74) is 4.56. The lowest BCUT2D eigenvalue weighted by atomic mass is 9.71. The molecule has 154 valence electrons. The van der Waals surface area contributed by atoms with Crippen molar-refractivity contribution in [1.82, 2.24) is 5.32 Å². The number of Topliss-reactive ketones (excluding diaryl/α,β-unsaturated/α-hetero) is 1. The molecule has 30 heavy (non-hydrogen) atoms. The molecule has 0 aromatic heterocycles. The molecular weight excluding hydrogens is 398 g/mol. The zero-order valence-electron chi connectivity index (χ0n) is 17.1. The van der Waals surface area contributed by atoms with Gasteiger partial charge in [-0.25, -0.2) is 4.79 Å². The van der Waals surface area contributed by atoms with Crippen LogP contribution in [0.25, 0.3) is 0 Å². The second kappa shape index (κ2) is 8.49. The summed E-state index contributed by atoms with van der Waals surface area (Å²) in [5.74, 6) is -0.805. The van der Waals surface area contributed by atoms with Crippen LogP contribution in [0.15, 0.2) is 77.1 Å². The van der Waals surface area contributed by atoms with E-state index in [9.17, 15) is 9.59 Å². The quantitative estimate of drug-likeness (QED) is 0.683. The topological polar surface area (TPSA) is 55.4 Å². The summed E-state index contributed by atoms with van der Waals surface area (Å²) in [5, 5.41) is 3.88. The Kier molecular flexibility index (Phi) is 5.78. The molecule has 1 heterocycles. The van der Waals surface area contributed by atoms with Gasteiger partial charge in [-0.15, -0.1) is 0 Å². The van der Waals surface area contributed by atoms with E-state index >= 15 is 0 Å². The molecule has 0 radical (unpaired) electrons. The first-order valence-corrected chi connectivity index (χ1v) is 10.6. The fourth-order valence-corrected chi connectivity index (χ4v) is 4.74. The number of esters is 1. The Bertz CT molecular complexity index is 1060. The van der Waals surface area contributed by atoms with E-state index in [-0.39, 0.29) is 18.3 Å². The maximum absolute atomic E-state index is 13.4. The molecule has 1 N–H and O–H groups in total. The van der Waals surface area contributed by atoms with Crippen LogP contribution in [0.1, 0.15) is 49.7 Å². The molecule has 0 amide bonds. The number of ether oxygens (including phenoxy) is 1. The summed E-state index contributed by atoms with van der Waals surface area (Å²) in [6.45, 7) is 3.90. The highest BCUT2D eigenvalue weighted by atomic mass is 35.5. The first-order valence-electron chi connectivity index (χ1n) is 10.2. The van der Waals surface area contributed by atoms with Crippen LogP contribution < -0.4 is 5.32 Å². The first kappa shape index (κ1) is 20.4. The zero-order chi connectivity index (χ0) is 21.3. The van der Waals surface area contributed by atoms with Gasteiger partial charge in [-0.3, -0.25) is 4.79 Å². The van der Waals surface area contributed by atoms with Gasteiger partial charge in [0.05, 0.1) is 12.2 Å². The minimum atomic E-state index is -0.529. The molecule has 2 aliphatic rings. The molecule has 2 aromatic rings. The van der Waals surface area contributed by atoms with Crippen LogP contribution in [-0.2, 0) is 14.3 Å². The molecule has 0 spiro atoms. The molecule has 4 nitrogen and oxygen atoms in total. The van der Waals surface area contributed by atoms with Crippen molar-refractivity contribution in [3.05, 3.63) is 93.3 Å². The standard InChI is InChI=1S/C25H24ClNO3/c1-3-30-25(29)22-15(2)27-20-13-17(16-9-5-4-6-10-16)14-21(28)24(20)23(22)18-11-7-8-12-19(18)26/h4-12,17,23,27H,3,13-14H2,1-2H3/t17-,23+/m0/s1. The van der Waals surface area contributed by atoms with Gasteiger partial charge in [-0.2, -0.15) is 0 Å². The normalized spacial score (nSPS) is 21.2. The first-order chi connectivity index (χ1) is 14.5. The van der Waals surface area contributed by atoms with E-state index in [0.717, 1.165) is 16.8 Å². The molecule has 4 rings (SSSR count). The molecule has 0 fully saturated rings. The molecule has 2 atom stereocenters. The predicted molar refractivity (Wildman–Crippen MR) is 117 cm³/mol. The molecule has 0 unspecified atom stereocenters. The van der Waals surface area contributed by atoms with Gasteiger partial charge in [0.2, 0.25) is 0 Å². The number of carbonyl (C=O) groups is 2. The maximum Gasteiger partial charge on any atom is 0.336 e. The van der Waals surface area contributed by atoms with Crippen molar-refractivity contribution in [2.45, 2.75) is 38.5 Å². The van der Waals surface area contributed by atoms with Gasteiger partial charge in [0.1, 0.15) is 0 Å². The van der Waals surface area contributed by atoms with Gasteiger partial charge in [0, 0.05) is 34.3 Å². The Labute approximate surface area is 181 Å². The van der Waals surface area contributed by atoms with E-state index in [1.807, 2.05) is 43.3 Å². The fraction of sp³-hybridized carbons (Fsp3) is 0.280. The number of dihydropyridines is 1. The van der Waals surface area contributed by atoms with Gasteiger partial charge < -0.3 is 10.1 Å². The van der Waals surface area contributed by atoms with Gasteiger partial charge in [-0.05, 0) is 43.4 Å². The number of nitrogens with one attached hydrogen (secondary N) is 1. The molecule has 1 aliphatic carbocycles. The van der Waals surface area contributed by atoms with E-state index in [4.69, 9.17) is 16.3 Å². The lowest BCUT2D eigenvalue weighted by Crippen LogP contribution is -2.36. The summed E-state index contributed by atoms with van der Waals surface area (Å²) in [4.78, 5) is 26.3. The fourth-order valence-electron chi connectivity index (χ4n) is 4.50. The average Bonchev–Trinajstić information content (AvgIpc) is 2.74. The van der Waals surface area contributed by atoms with Crippen molar-refractivity contribution < 1.29 is 14.3 Å². The van der Waals surface area contributed by atoms with E-state index in [0.29, 0.717) is 34.7 Å². The van der Waals surface area contributed by atoms with Crippen LogP contribution in [0.2, 0.25) is 5.02 Å². The Morgan fingerprint density at radius 3 is 2.50 bits per heavy atom. The summed E-state index contributed by atoms with van der Waals surface area (Å²) >= 11 is 6.53. The summed E-state index contributed by atoms with van der Waals surface area (Å²) in [6.07, 6.45) is 1.11. The van der Waals surface area contributed by atoms with Crippen molar-refractivity contribution in [2.75, 3.05) is 6.61 Å². The van der Waals surface area contributed by atoms with Crippen molar-refractivity contribution in [2.24, 2.45) is 0 Å². The van der Waals surface area contributed by atoms with Gasteiger partial charge in [-0.1, -0.05) is 60.1 Å². The van der Waals surface area contributed by atoms with Crippen LogP contribution >= 0.6 is 11.6 Å². The van der Waals surface area contributed by atoms with Crippen LogP contribution in [0.3, 0.4) is 0 Å². The summed E-state index contributed by atoms with van der Waals surface area (Å²) < 4.78 is 5.34. The number of hydrogen-bond acceptors (Lipinski definition) is 4. The number of hydrogen-bond donors (Lipinski definition) is 1. The Balaban J connectivity index is 1.82. The highest BCUT2D eigenvalue weighted by molar-refractivity contribution is 6.31. The van der Waals surface area contributed by atoms with Crippen LogP contribution in [0, 0.1) is 0 Å². The molecular formula is C25H24ClNO3. The molecule has 0 bridgehead atoms. The summed E-state index contributed by atoms with van der Waals surface area (Å²) in [6, 6.07) is 17.5. The molecule has 2 aromatic carbocycles. The van der Waals surface area contributed by atoms with Crippen LogP contribution in [0.5, 0.6) is 0 Å². The van der Waals surface area contributed by atoms with E-state index < -0.39 is 11.9 Å². The zero-order valence-corrected chi connectivity index (χ0v) is 17.8. The second-order valence-corrected chi connectivity index (χ2v) is 8.08. The van der Waals surface area contributed by atoms with Crippen molar-refractivity contribution in [1.29, 1.82) is 0 Å². The minimum absolute atomic E-state index is 0.0387. The predicted octanol–water partition coefficient (Wildman–Crippen LogP) is 5.26. The molecule has 1 aliphatic heterocycles. The van der Waals surface area contributed by atoms with Crippen LogP contribution in [-0.4, -0.2) is 18.4 Å². The molecule has 0 saturated heterocycles. The monoisotopic (exact) mass is 421 g/mol. The van der Waals surface area contributed by atoms with Crippen molar-refractivity contribution in [3.8, 4) is 0 Å². The average molecular weight is 422 g/mol. The largest absolute Gasteiger partial charge is 0.463 e. The highest BCUT2D eigenvalue weighted by Gasteiger charge is 2.41. The highest BCUT2D eigenvalue weighted by Crippen LogP contribution is 2.47. The third-order valence-corrected chi connectivity index (χ3v) is 6.15. The number of halogens is 1. The number of rotatable bonds is 4. The van der Waals surface area contributed by atoms with Crippen molar-refractivity contribution >= 4 is 23.4 Å². The Morgan fingerprint density at radius 1 is 1.10 bits per heavy atom. The number of allylic oxidation sites excluding steroid dienone is 3. The van der Waals surface area contributed by atoms with Gasteiger partial charge in [0.15, 0.2) is 5.78 Å².